The first kappa shape index (κ1) is 16.1. The lowest BCUT2D eigenvalue weighted by Gasteiger charge is -2.10. The van der Waals surface area contributed by atoms with Crippen LogP contribution in [0.1, 0.15) is 15.2 Å². The van der Waals surface area contributed by atoms with Crippen LogP contribution in [0.25, 0.3) is 0 Å². The van der Waals surface area contributed by atoms with E-state index in [0.717, 1.165) is 18.1 Å². The Bertz CT molecular complexity index is 737. The zero-order valence-electron chi connectivity index (χ0n) is 11.1. The van der Waals surface area contributed by atoms with Gasteiger partial charge in [0.05, 0.1) is 24.3 Å². The van der Waals surface area contributed by atoms with Gasteiger partial charge in [-0.05, 0) is 6.07 Å². The molecule has 0 saturated heterocycles. The van der Waals surface area contributed by atoms with Crippen molar-refractivity contribution in [1.82, 2.24) is 4.98 Å². The lowest BCUT2D eigenvalue weighted by Crippen LogP contribution is -2.12. The zero-order chi connectivity index (χ0) is 16.3. The predicted octanol–water partition coefficient (Wildman–Crippen LogP) is 3.24. The first-order chi connectivity index (χ1) is 10.4. The van der Waals surface area contributed by atoms with Gasteiger partial charge in [0.25, 0.3) is 0 Å². The fraction of sp³-hybridized carbons (Fsp3) is 0.167. The molecule has 2 aromatic rings. The lowest BCUT2D eigenvalue weighted by atomic mass is 10.1. The first-order valence-corrected chi connectivity index (χ1v) is 7.02. The Morgan fingerprint density at radius 3 is 2.86 bits per heavy atom. The Kier molecular flexibility index (Phi) is 4.88. The molecule has 10 heteroatoms. The normalized spacial score (nSPS) is 10.3. The summed E-state index contributed by atoms with van der Waals surface area (Å²) in [7, 11) is 1.06. The van der Waals surface area contributed by atoms with Crippen LogP contribution in [0, 0.1) is 15.9 Å². The number of ether oxygens (including phenoxy) is 1. The molecular weight excluding hydrogens is 337 g/mol. The molecule has 2 rings (SSSR count). The summed E-state index contributed by atoms with van der Waals surface area (Å²) in [5, 5.41) is 13.6. The maximum absolute atomic E-state index is 14.1. The van der Waals surface area contributed by atoms with Crippen LogP contribution in [-0.4, -0.2) is 23.0 Å². The molecule has 0 saturated carbocycles. The van der Waals surface area contributed by atoms with E-state index in [1.807, 2.05) is 0 Å². The number of carbonyl (C=O) groups is 1. The largest absolute Gasteiger partial charge is 0.465 e. The van der Waals surface area contributed by atoms with Crippen LogP contribution < -0.4 is 5.32 Å². The van der Waals surface area contributed by atoms with Crippen molar-refractivity contribution in [3.63, 3.8) is 0 Å². The van der Waals surface area contributed by atoms with E-state index in [0.29, 0.717) is 4.47 Å². The molecular formula is C12H9ClFN3O4S. The molecule has 0 spiro atoms. The average Bonchev–Trinajstić information content (AvgIpc) is 2.89. The molecule has 0 amide bonds. The number of carbonyl (C=O) groups excluding carboxylic acids is 1. The summed E-state index contributed by atoms with van der Waals surface area (Å²) < 4.78 is 19.0. The Balaban J connectivity index is 2.35. The Hall–Kier alpha value is -2.26. The van der Waals surface area contributed by atoms with E-state index < -0.39 is 28.0 Å². The Labute approximate surface area is 132 Å². The average molecular weight is 346 g/mol. The summed E-state index contributed by atoms with van der Waals surface area (Å²) in [4.78, 5) is 26.1. The zero-order valence-corrected chi connectivity index (χ0v) is 12.7. The Morgan fingerprint density at radius 2 is 2.32 bits per heavy atom. The third-order valence-electron chi connectivity index (χ3n) is 2.69. The van der Waals surface area contributed by atoms with Crippen LogP contribution >= 0.6 is 22.9 Å². The molecule has 116 valence electrons. The third-order valence-corrected chi connectivity index (χ3v) is 3.80. The number of nitrogens with zero attached hydrogens (tertiary/aromatic N) is 2. The van der Waals surface area contributed by atoms with Gasteiger partial charge in [0.15, 0.2) is 4.47 Å². The number of nitro benzene ring substituents is 1. The van der Waals surface area contributed by atoms with Crippen molar-refractivity contribution in [2.75, 3.05) is 12.4 Å². The number of hydrogen-bond acceptors (Lipinski definition) is 7. The minimum absolute atomic E-state index is 0.0828. The summed E-state index contributed by atoms with van der Waals surface area (Å²) in [5.74, 6) is -2.25. The number of nitro groups is 1. The number of nitrogens with one attached hydrogen (secondary N) is 1. The summed E-state index contributed by atoms with van der Waals surface area (Å²) in [6, 6.07) is 2.22. The molecule has 0 radical (unpaired) electrons. The lowest BCUT2D eigenvalue weighted by molar-refractivity contribution is -0.387. The van der Waals surface area contributed by atoms with E-state index >= 15 is 0 Å². The predicted molar refractivity (Wildman–Crippen MR) is 78.8 cm³/mol. The fourth-order valence-corrected chi connectivity index (χ4v) is 2.62. The molecule has 0 bridgehead atoms. The minimum atomic E-state index is -1.25. The second-order valence-corrected chi connectivity index (χ2v) is 5.70. The van der Waals surface area contributed by atoms with Crippen LogP contribution in [0.4, 0.5) is 15.8 Å². The van der Waals surface area contributed by atoms with Gasteiger partial charge >= 0.3 is 11.7 Å². The topological polar surface area (TPSA) is 94.4 Å². The molecule has 1 aromatic carbocycles. The molecule has 0 unspecified atom stereocenters. The quantitative estimate of drug-likeness (QED) is 0.508. The van der Waals surface area contributed by atoms with Crippen molar-refractivity contribution in [2.24, 2.45) is 0 Å². The highest BCUT2D eigenvalue weighted by atomic mass is 35.5. The number of rotatable bonds is 5. The minimum Gasteiger partial charge on any atom is -0.465 e. The van der Waals surface area contributed by atoms with Crippen molar-refractivity contribution in [1.29, 1.82) is 0 Å². The Morgan fingerprint density at radius 1 is 1.59 bits per heavy atom. The molecule has 0 aliphatic heterocycles. The van der Waals surface area contributed by atoms with Gasteiger partial charge in [-0.2, -0.15) is 4.39 Å². The van der Waals surface area contributed by atoms with Gasteiger partial charge in [-0.25, -0.2) is 9.78 Å². The summed E-state index contributed by atoms with van der Waals surface area (Å²) in [6.07, 6.45) is 1.53. The summed E-state index contributed by atoms with van der Waals surface area (Å²) >= 11 is 6.91. The van der Waals surface area contributed by atoms with Gasteiger partial charge in [-0.1, -0.05) is 11.6 Å². The second-order valence-electron chi connectivity index (χ2n) is 4.00. The molecule has 7 nitrogen and oxygen atoms in total. The number of halogens is 2. The number of anilines is 1. The van der Waals surface area contributed by atoms with Crippen LogP contribution in [0.15, 0.2) is 18.3 Å². The van der Waals surface area contributed by atoms with E-state index in [4.69, 9.17) is 11.6 Å². The molecule has 1 N–H and O–H groups in total. The number of esters is 1. The molecule has 22 heavy (non-hydrogen) atoms. The van der Waals surface area contributed by atoms with E-state index in [2.05, 4.69) is 15.0 Å². The summed E-state index contributed by atoms with van der Waals surface area (Å²) in [5.41, 5.74) is -1.24. The standard InChI is InChI=1S/C12H9ClFN3O4S/c1-21-11(18)9-7(2-3-8(10(9)14)17(19)20)15-4-6-5-16-12(13)22-6/h2-3,5,15H,4H2,1H3. The number of thiazole rings is 1. The van der Waals surface area contributed by atoms with Crippen molar-refractivity contribution in [3.8, 4) is 0 Å². The van der Waals surface area contributed by atoms with Crippen LogP contribution in [0.5, 0.6) is 0 Å². The molecule has 0 aliphatic carbocycles. The molecule has 1 aromatic heterocycles. The maximum Gasteiger partial charge on any atom is 0.343 e. The van der Waals surface area contributed by atoms with Crippen molar-refractivity contribution >= 4 is 40.3 Å². The van der Waals surface area contributed by atoms with E-state index in [9.17, 15) is 19.3 Å². The highest BCUT2D eigenvalue weighted by Crippen LogP contribution is 2.29. The molecule has 0 fully saturated rings. The maximum atomic E-state index is 14.1. The molecule has 0 atom stereocenters. The SMILES string of the molecule is COC(=O)c1c(NCc2cnc(Cl)s2)ccc([N+](=O)[O-])c1F. The smallest absolute Gasteiger partial charge is 0.343 e. The third kappa shape index (κ3) is 3.31. The molecule has 0 aliphatic rings. The fourth-order valence-electron chi connectivity index (χ4n) is 1.70. The van der Waals surface area contributed by atoms with Gasteiger partial charge in [-0.15, -0.1) is 11.3 Å². The summed E-state index contributed by atoms with van der Waals surface area (Å²) in [6.45, 7) is 0.228. The van der Waals surface area contributed by atoms with Gasteiger partial charge in [0.2, 0.25) is 5.82 Å². The second kappa shape index (κ2) is 6.67. The van der Waals surface area contributed by atoms with Crippen LogP contribution in [0.3, 0.4) is 0 Å². The van der Waals surface area contributed by atoms with E-state index in [-0.39, 0.29) is 12.2 Å². The highest BCUT2D eigenvalue weighted by molar-refractivity contribution is 7.15. The number of aromatic nitrogens is 1. The molecule has 1 heterocycles. The van der Waals surface area contributed by atoms with E-state index in [1.54, 1.807) is 0 Å². The van der Waals surface area contributed by atoms with Crippen LogP contribution in [-0.2, 0) is 11.3 Å². The highest BCUT2D eigenvalue weighted by Gasteiger charge is 2.26. The van der Waals surface area contributed by atoms with Crippen molar-refractivity contribution < 1.29 is 18.8 Å². The van der Waals surface area contributed by atoms with Gasteiger partial charge in [-0.3, -0.25) is 10.1 Å². The van der Waals surface area contributed by atoms with Gasteiger partial charge in [0, 0.05) is 17.1 Å². The van der Waals surface area contributed by atoms with Gasteiger partial charge in [0.1, 0.15) is 5.56 Å². The van der Waals surface area contributed by atoms with E-state index in [1.165, 1.54) is 23.6 Å². The van der Waals surface area contributed by atoms with Crippen LogP contribution in [0.2, 0.25) is 4.47 Å². The number of methoxy groups -OCH3 is 1. The van der Waals surface area contributed by atoms with Crippen molar-refractivity contribution in [3.05, 3.63) is 49.2 Å². The first-order valence-electron chi connectivity index (χ1n) is 5.83. The number of benzene rings is 1. The van der Waals surface area contributed by atoms with Gasteiger partial charge < -0.3 is 10.1 Å². The number of hydrogen-bond donors (Lipinski definition) is 1. The monoisotopic (exact) mass is 345 g/mol. The van der Waals surface area contributed by atoms with Crippen molar-refractivity contribution in [2.45, 2.75) is 6.54 Å².